The summed E-state index contributed by atoms with van der Waals surface area (Å²) in [4.78, 5) is 50.2. The average Bonchev–Trinajstić information content (AvgIpc) is 3.24. The van der Waals surface area contributed by atoms with Gasteiger partial charge in [0.05, 0.1) is 32.6 Å². The van der Waals surface area contributed by atoms with Gasteiger partial charge in [-0.2, -0.15) is 0 Å². The summed E-state index contributed by atoms with van der Waals surface area (Å²) in [5, 5.41) is 2.92. The van der Waals surface area contributed by atoms with E-state index in [2.05, 4.69) is 12.2 Å². The van der Waals surface area contributed by atoms with Crippen molar-refractivity contribution in [2.75, 3.05) is 20.2 Å². The Bertz CT molecular complexity index is 973. The summed E-state index contributed by atoms with van der Waals surface area (Å²) in [7, 11) is 1.76. The van der Waals surface area contributed by atoms with Crippen LogP contribution in [0.4, 0.5) is 0 Å². The highest BCUT2D eigenvalue weighted by Gasteiger charge is 2.32. The number of ketones is 3. The van der Waals surface area contributed by atoms with Crippen LogP contribution in [0.25, 0.3) is 0 Å². The highest BCUT2D eigenvalue weighted by atomic mass is 32.2. The van der Waals surface area contributed by atoms with Crippen molar-refractivity contribution in [1.82, 2.24) is 5.32 Å². The minimum Gasteiger partial charge on any atom is -0.492 e. The van der Waals surface area contributed by atoms with Crippen LogP contribution in [-0.4, -0.2) is 43.5 Å². The van der Waals surface area contributed by atoms with Gasteiger partial charge in [0.25, 0.3) is 0 Å². The number of ether oxygens (including phenoxy) is 2. The fraction of sp³-hybridized carbons (Fsp3) is 0.538. The molecule has 0 aliphatic carbocycles. The summed E-state index contributed by atoms with van der Waals surface area (Å²) in [6, 6.07) is 3.47. The van der Waals surface area contributed by atoms with Gasteiger partial charge in [-0.15, -0.1) is 0 Å². The monoisotopic (exact) mass is 521 g/mol. The molecule has 1 heterocycles. The van der Waals surface area contributed by atoms with E-state index in [0.29, 0.717) is 33.8 Å². The van der Waals surface area contributed by atoms with E-state index >= 15 is 0 Å². The number of fused-ring (bicyclic) bond motifs is 1. The maximum absolute atomic E-state index is 12.8. The van der Waals surface area contributed by atoms with Crippen molar-refractivity contribution in [2.45, 2.75) is 81.9 Å². The topological polar surface area (TPSA) is 98.8 Å². The van der Waals surface area contributed by atoms with Gasteiger partial charge in [0.2, 0.25) is 0 Å². The zero-order valence-electron chi connectivity index (χ0n) is 21.0. The van der Waals surface area contributed by atoms with Gasteiger partial charge in [-0.1, -0.05) is 56.1 Å². The van der Waals surface area contributed by atoms with Gasteiger partial charge in [0.15, 0.2) is 11.6 Å². The molecular weight excluding hydrogens is 486 g/mol. The normalized spacial score (nSPS) is 13.8. The molecule has 7 nitrogen and oxygen atoms in total. The Balaban J connectivity index is 2.31. The fourth-order valence-corrected chi connectivity index (χ4v) is 6.21. The van der Waals surface area contributed by atoms with Gasteiger partial charge < -0.3 is 19.6 Å². The third-order valence-corrected chi connectivity index (χ3v) is 7.90. The highest BCUT2D eigenvalue weighted by molar-refractivity contribution is 8.25. The predicted molar refractivity (Wildman–Crippen MR) is 139 cm³/mol. The van der Waals surface area contributed by atoms with E-state index in [-0.39, 0.29) is 48.2 Å². The Kier molecular flexibility index (Phi) is 12.6. The van der Waals surface area contributed by atoms with E-state index in [4.69, 9.17) is 9.47 Å². The van der Waals surface area contributed by atoms with Crippen LogP contribution in [0.15, 0.2) is 31.7 Å². The van der Waals surface area contributed by atoms with E-state index in [1.165, 1.54) is 56.6 Å². The second-order valence-electron chi connectivity index (χ2n) is 8.36. The molecule has 1 aliphatic rings. The first-order valence-corrected chi connectivity index (χ1v) is 13.7. The van der Waals surface area contributed by atoms with E-state index in [0.717, 1.165) is 17.7 Å². The molecule has 0 bridgehead atoms. The lowest BCUT2D eigenvalue weighted by Crippen LogP contribution is -2.17. The van der Waals surface area contributed by atoms with E-state index in [9.17, 15) is 19.2 Å². The van der Waals surface area contributed by atoms with Crippen LogP contribution < -0.4 is 14.8 Å². The average molecular weight is 522 g/mol. The molecule has 2 rings (SSSR count). The summed E-state index contributed by atoms with van der Waals surface area (Å²) in [5.74, 6) is -0.181. The molecule has 0 aromatic heterocycles. The van der Waals surface area contributed by atoms with Crippen molar-refractivity contribution in [3.8, 4) is 11.5 Å². The fourth-order valence-electron chi connectivity index (χ4n) is 3.38. The Labute approximate surface area is 216 Å². The minimum atomic E-state index is -0.376. The van der Waals surface area contributed by atoms with Crippen LogP contribution >= 0.6 is 23.5 Å². The lowest BCUT2D eigenvalue weighted by molar-refractivity contribution is -0.134. The molecule has 0 fully saturated rings. The zero-order chi connectivity index (χ0) is 25.8. The number of Topliss-reactive ketones (excluding diaryl/α,β-unsaturated/α-hetero) is 3. The molecule has 0 radical (unpaired) electrons. The Morgan fingerprint density at radius 3 is 2.17 bits per heavy atom. The van der Waals surface area contributed by atoms with E-state index < -0.39 is 0 Å². The lowest BCUT2D eigenvalue weighted by Gasteiger charge is -2.13. The number of nitrogens with one attached hydrogen (secondary N) is 1. The first-order valence-electron chi connectivity index (χ1n) is 12.1. The minimum absolute atomic E-state index is 0.0157. The second kappa shape index (κ2) is 15.1. The number of allylic oxidation sites excluding steroid dienone is 1. The molecule has 9 heteroatoms. The predicted octanol–water partition coefficient (Wildman–Crippen LogP) is 5.49. The molecule has 0 saturated heterocycles. The molecule has 0 saturated carbocycles. The molecule has 0 amide bonds. The first-order chi connectivity index (χ1) is 16.8. The summed E-state index contributed by atoms with van der Waals surface area (Å²) in [6.07, 6.45) is 5.85. The number of hydrogen-bond acceptors (Lipinski definition) is 9. The molecule has 35 heavy (non-hydrogen) atoms. The molecule has 192 valence electrons. The van der Waals surface area contributed by atoms with Crippen molar-refractivity contribution in [3.05, 3.63) is 21.9 Å². The maximum Gasteiger partial charge on any atom is 0.312 e. The number of carbonyl (C=O) groups excluding carboxylic acids is 4. The maximum atomic E-state index is 12.8. The van der Waals surface area contributed by atoms with E-state index in [1.807, 2.05) is 0 Å². The molecule has 0 atom stereocenters. The van der Waals surface area contributed by atoms with Crippen molar-refractivity contribution in [3.63, 3.8) is 0 Å². The lowest BCUT2D eigenvalue weighted by atomic mass is 10.0. The standard InChI is InChI=1S/C26H35NO6S2/c1-5-6-7-8-9-16-32-20-12-13-21(33-22(31)14-15-27-4)25-24(20)34-26(35-25)23(18(3)29)19(30)11-10-17(2)28/h12-13,27H,5-11,14-16H2,1-4H3/b26-23-. The van der Waals surface area contributed by atoms with Crippen molar-refractivity contribution >= 4 is 46.8 Å². The third-order valence-electron chi connectivity index (χ3n) is 5.28. The van der Waals surface area contributed by atoms with Crippen LogP contribution in [0, 0.1) is 0 Å². The van der Waals surface area contributed by atoms with Crippen LogP contribution in [0.5, 0.6) is 11.5 Å². The molecule has 1 aromatic carbocycles. The van der Waals surface area contributed by atoms with Crippen molar-refractivity contribution < 1.29 is 28.7 Å². The number of hydrogen-bond donors (Lipinski definition) is 1. The molecule has 1 aromatic rings. The summed E-state index contributed by atoms with van der Waals surface area (Å²) < 4.78 is 12.2. The van der Waals surface area contributed by atoms with Gasteiger partial charge in [-0.3, -0.25) is 14.4 Å². The smallest absolute Gasteiger partial charge is 0.312 e. The Hall–Kier alpha value is -2.10. The SMILES string of the molecule is CCCCCCCOc1ccc(OC(=O)CCNC)c2c1S/C(=C(\C(C)=O)C(=O)CCC(C)=O)S2. The molecule has 1 aliphatic heterocycles. The Morgan fingerprint density at radius 2 is 1.54 bits per heavy atom. The van der Waals surface area contributed by atoms with Gasteiger partial charge in [-0.25, -0.2) is 0 Å². The number of benzene rings is 1. The van der Waals surface area contributed by atoms with Crippen LogP contribution in [0.2, 0.25) is 0 Å². The number of thioether (sulfide) groups is 2. The summed E-state index contributed by atoms with van der Waals surface area (Å²) >= 11 is 2.52. The first kappa shape index (κ1) is 29.1. The van der Waals surface area contributed by atoms with Crippen LogP contribution in [0.1, 0.15) is 72.1 Å². The third kappa shape index (κ3) is 9.13. The molecule has 0 spiro atoms. The second-order valence-corrected chi connectivity index (χ2v) is 10.7. The van der Waals surface area contributed by atoms with E-state index in [1.54, 1.807) is 19.2 Å². The Morgan fingerprint density at radius 1 is 0.886 bits per heavy atom. The molecule has 0 unspecified atom stereocenters. The van der Waals surface area contributed by atoms with Gasteiger partial charge >= 0.3 is 5.97 Å². The van der Waals surface area contributed by atoms with Crippen LogP contribution in [-0.2, 0) is 19.2 Å². The van der Waals surface area contributed by atoms with Crippen molar-refractivity contribution in [2.24, 2.45) is 0 Å². The quantitative estimate of drug-likeness (QED) is 0.0756. The summed E-state index contributed by atoms with van der Waals surface area (Å²) in [5.41, 5.74) is 0.0791. The van der Waals surface area contributed by atoms with Crippen LogP contribution in [0.3, 0.4) is 0 Å². The number of esters is 1. The van der Waals surface area contributed by atoms with Gasteiger partial charge in [0, 0.05) is 19.4 Å². The molecule has 1 N–H and O–H groups in total. The molecular formula is C26H35NO6S2. The number of carbonyl (C=O) groups is 4. The van der Waals surface area contributed by atoms with Gasteiger partial charge in [-0.05, 0) is 39.4 Å². The number of unbranched alkanes of at least 4 members (excludes halogenated alkanes) is 4. The number of rotatable bonds is 16. The van der Waals surface area contributed by atoms with Gasteiger partial charge in [0.1, 0.15) is 17.3 Å². The summed E-state index contributed by atoms with van der Waals surface area (Å²) in [6.45, 7) is 5.99. The highest BCUT2D eigenvalue weighted by Crippen LogP contribution is 2.59. The van der Waals surface area contributed by atoms with Crippen molar-refractivity contribution in [1.29, 1.82) is 0 Å². The zero-order valence-corrected chi connectivity index (χ0v) is 22.6. The largest absolute Gasteiger partial charge is 0.492 e.